The second kappa shape index (κ2) is 8.44. The summed E-state index contributed by atoms with van der Waals surface area (Å²) >= 11 is 0. The Kier molecular flexibility index (Phi) is 6.58. The van der Waals surface area contributed by atoms with E-state index in [1.165, 1.54) is 19.3 Å². The molecule has 1 aromatic carbocycles. The van der Waals surface area contributed by atoms with Gasteiger partial charge in [0.2, 0.25) is 10.0 Å². The van der Waals surface area contributed by atoms with Crippen LogP contribution in [-0.4, -0.2) is 39.0 Å². The van der Waals surface area contributed by atoms with Gasteiger partial charge in [-0.25, -0.2) is 13.1 Å². The molecule has 1 unspecified atom stereocenters. The van der Waals surface area contributed by atoms with Gasteiger partial charge in [0, 0.05) is 12.6 Å². The van der Waals surface area contributed by atoms with E-state index in [4.69, 9.17) is 5.26 Å². The second-order valence-corrected chi connectivity index (χ2v) is 8.01. The molecule has 0 aromatic heterocycles. The molecule has 1 fully saturated rings. The lowest BCUT2D eigenvalue weighted by atomic mass is 10.0. The Morgan fingerprint density at radius 1 is 1.39 bits per heavy atom. The number of hydrogen-bond acceptors (Lipinski definition) is 4. The molecule has 23 heavy (non-hydrogen) atoms. The lowest BCUT2D eigenvalue weighted by Gasteiger charge is -2.33. The topological polar surface area (TPSA) is 73.2 Å². The summed E-state index contributed by atoms with van der Waals surface area (Å²) in [5, 5.41) is 8.86. The first kappa shape index (κ1) is 17.9. The molecule has 1 aromatic rings. The molecule has 0 amide bonds. The monoisotopic (exact) mass is 335 g/mol. The lowest BCUT2D eigenvalue weighted by molar-refractivity contribution is 0.159. The highest BCUT2D eigenvalue weighted by Gasteiger charge is 2.17. The number of nitrogens with zero attached hydrogens (tertiary/aromatic N) is 2. The minimum atomic E-state index is -3.35. The fraction of sp³-hybridized carbons (Fsp3) is 0.588. The number of piperidine rings is 1. The van der Waals surface area contributed by atoms with Crippen molar-refractivity contribution in [2.45, 2.75) is 44.4 Å². The average Bonchev–Trinajstić information content (AvgIpc) is 2.53. The van der Waals surface area contributed by atoms with Gasteiger partial charge in [0.1, 0.15) is 0 Å². The van der Waals surface area contributed by atoms with Crippen LogP contribution in [0.25, 0.3) is 0 Å². The fourth-order valence-corrected chi connectivity index (χ4v) is 4.18. The molecule has 126 valence electrons. The van der Waals surface area contributed by atoms with E-state index >= 15 is 0 Å². The predicted molar refractivity (Wildman–Crippen MR) is 91.3 cm³/mol. The molecule has 1 heterocycles. The van der Waals surface area contributed by atoms with Crippen molar-refractivity contribution in [3.05, 3.63) is 35.4 Å². The highest BCUT2D eigenvalue weighted by molar-refractivity contribution is 7.88. The highest BCUT2D eigenvalue weighted by Crippen LogP contribution is 2.16. The number of nitriles is 1. The first-order chi connectivity index (χ1) is 11.0. The molecule has 0 bridgehead atoms. The van der Waals surface area contributed by atoms with E-state index in [2.05, 4.69) is 16.5 Å². The summed E-state index contributed by atoms with van der Waals surface area (Å²) in [6, 6.07) is 9.36. The zero-order valence-electron chi connectivity index (χ0n) is 13.7. The Morgan fingerprint density at radius 2 is 2.22 bits per heavy atom. The van der Waals surface area contributed by atoms with Crippen molar-refractivity contribution >= 4 is 10.0 Å². The number of benzene rings is 1. The maximum absolute atomic E-state index is 12.1. The van der Waals surface area contributed by atoms with Gasteiger partial charge in [-0.3, -0.25) is 0 Å². The van der Waals surface area contributed by atoms with Crippen LogP contribution in [0.4, 0.5) is 0 Å². The molecule has 6 heteroatoms. The van der Waals surface area contributed by atoms with Gasteiger partial charge < -0.3 is 4.90 Å². The Morgan fingerprint density at radius 3 is 2.96 bits per heavy atom. The molecule has 5 nitrogen and oxygen atoms in total. The van der Waals surface area contributed by atoms with Crippen molar-refractivity contribution in [2.75, 3.05) is 19.6 Å². The Bertz CT molecular complexity index is 652. The molecule has 1 aliphatic heterocycles. The van der Waals surface area contributed by atoms with E-state index < -0.39 is 10.0 Å². The van der Waals surface area contributed by atoms with E-state index in [0.717, 1.165) is 19.5 Å². The van der Waals surface area contributed by atoms with E-state index in [-0.39, 0.29) is 5.75 Å². The summed E-state index contributed by atoms with van der Waals surface area (Å²) in [4.78, 5) is 2.44. The van der Waals surface area contributed by atoms with Crippen molar-refractivity contribution in [2.24, 2.45) is 0 Å². The summed E-state index contributed by atoms with van der Waals surface area (Å²) in [7, 11) is -3.35. The SMILES string of the molecule is CC1CCCCN1CCCNS(=O)(=O)Cc1cccc(C#N)c1. The van der Waals surface area contributed by atoms with E-state index in [0.29, 0.717) is 23.7 Å². The smallest absolute Gasteiger partial charge is 0.215 e. The van der Waals surface area contributed by atoms with Crippen LogP contribution >= 0.6 is 0 Å². The van der Waals surface area contributed by atoms with Gasteiger partial charge in [-0.15, -0.1) is 0 Å². The molecular formula is C17H25N3O2S. The first-order valence-electron chi connectivity index (χ1n) is 8.20. The molecule has 0 spiro atoms. The third-order valence-electron chi connectivity index (χ3n) is 4.30. The molecule has 1 N–H and O–H groups in total. The quantitative estimate of drug-likeness (QED) is 0.776. The summed E-state index contributed by atoms with van der Waals surface area (Å²) in [6.07, 6.45) is 4.60. The zero-order chi connectivity index (χ0) is 16.7. The summed E-state index contributed by atoms with van der Waals surface area (Å²) in [5.41, 5.74) is 1.12. The van der Waals surface area contributed by atoms with Crippen molar-refractivity contribution in [3.8, 4) is 6.07 Å². The maximum atomic E-state index is 12.1. The standard InChI is InChI=1S/C17H25N3O2S/c1-15-6-2-3-10-20(15)11-5-9-19-23(21,22)14-17-8-4-7-16(12-17)13-18/h4,7-8,12,15,19H,2-3,5-6,9-11,14H2,1H3. The van der Waals surface area contributed by atoms with Crippen molar-refractivity contribution in [1.82, 2.24) is 9.62 Å². The molecule has 1 saturated heterocycles. The van der Waals surface area contributed by atoms with Crippen LogP contribution in [0.15, 0.2) is 24.3 Å². The molecule has 0 aliphatic carbocycles. The first-order valence-corrected chi connectivity index (χ1v) is 9.86. The minimum Gasteiger partial charge on any atom is -0.301 e. The third kappa shape index (κ3) is 5.94. The summed E-state index contributed by atoms with van der Waals surface area (Å²) in [5.74, 6) is -0.0807. The van der Waals surface area contributed by atoms with Gasteiger partial charge in [0.15, 0.2) is 0 Å². The number of sulfonamides is 1. The van der Waals surface area contributed by atoms with Gasteiger partial charge >= 0.3 is 0 Å². The van der Waals surface area contributed by atoms with Crippen molar-refractivity contribution in [1.29, 1.82) is 5.26 Å². The number of hydrogen-bond donors (Lipinski definition) is 1. The molecular weight excluding hydrogens is 310 g/mol. The van der Waals surface area contributed by atoms with Gasteiger partial charge in [-0.2, -0.15) is 5.26 Å². The maximum Gasteiger partial charge on any atom is 0.215 e. The van der Waals surface area contributed by atoms with Crippen LogP contribution < -0.4 is 4.72 Å². The van der Waals surface area contributed by atoms with Crippen LogP contribution in [0.2, 0.25) is 0 Å². The van der Waals surface area contributed by atoms with Gasteiger partial charge in [0.25, 0.3) is 0 Å². The van der Waals surface area contributed by atoms with Crippen LogP contribution in [-0.2, 0) is 15.8 Å². The van der Waals surface area contributed by atoms with Crippen LogP contribution in [0, 0.1) is 11.3 Å². The Balaban J connectivity index is 1.76. The van der Waals surface area contributed by atoms with Crippen LogP contribution in [0.3, 0.4) is 0 Å². The summed E-state index contributed by atoms with van der Waals surface area (Å²) in [6.45, 7) is 4.76. The Labute approximate surface area is 139 Å². The highest BCUT2D eigenvalue weighted by atomic mass is 32.2. The lowest BCUT2D eigenvalue weighted by Crippen LogP contribution is -2.39. The van der Waals surface area contributed by atoms with Crippen molar-refractivity contribution in [3.63, 3.8) is 0 Å². The number of nitrogens with one attached hydrogen (secondary N) is 1. The van der Waals surface area contributed by atoms with Crippen LogP contribution in [0.5, 0.6) is 0 Å². The molecule has 2 rings (SSSR count). The third-order valence-corrected chi connectivity index (χ3v) is 5.65. The normalized spacial score (nSPS) is 19.4. The average molecular weight is 335 g/mol. The second-order valence-electron chi connectivity index (χ2n) is 6.20. The number of likely N-dealkylation sites (tertiary alicyclic amines) is 1. The fourth-order valence-electron chi connectivity index (χ4n) is 3.00. The van der Waals surface area contributed by atoms with Crippen molar-refractivity contribution < 1.29 is 8.42 Å². The largest absolute Gasteiger partial charge is 0.301 e. The molecule has 0 radical (unpaired) electrons. The van der Waals surface area contributed by atoms with E-state index in [1.54, 1.807) is 24.3 Å². The summed E-state index contributed by atoms with van der Waals surface area (Å²) < 4.78 is 26.9. The minimum absolute atomic E-state index is 0.0807. The van der Waals surface area contributed by atoms with Gasteiger partial charge in [0.05, 0.1) is 17.4 Å². The van der Waals surface area contributed by atoms with E-state index in [9.17, 15) is 8.42 Å². The zero-order valence-corrected chi connectivity index (χ0v) is 14.5. The Hall–Kier alpha value is -1.42. The van der Waals surface area contributed by atoms with E-state index in [1.807, 2.05) is 6.07 Å². The molecule has 1 atom stereocenters. The molecule has 1 aliphatic rings. The van der Waals surface area contributed by atoms with Crippen LogP contribution in [0.1, 0.15) is 43.7 Å². The van der Waals surface area contributed by atoms with Gasteiger partial charge in [-0.05, 0) is 57.0 Å². The molecule has 0 saturated carbocycles. The van der Waals surface area contributed by atoms with Gasteiger partial charge in [-0.1, -0.05) is 18.6 Å². The number of rotatable bonds is 7. The predicted octanol–water partition coefficient (Wildman–Crippen LogP) is 2.24.